The van der Waals surface area contributed by atoms with Crippen LogP contribution in [-0.4, -0.2) is 11.9 Å². The van der Waals surface area contributed by atoms with Gasteiger partial charge in [-0.15, -0.1) is 0 Å². The largest absolute Gasteiger partial charge is 0.459 e. The molecule has 0 saturated carbocycles. The molecular formula is C18H12ClNO4. The first-order chi connectivity index (χ1) is 11.6. The van der Waals surface area contributed by atoms with E-state index in [0.717, 1.165) is 0 Å². The van der Waals surface area contributed by atoms with E-state index < -0.39 is 5.97 Å². The molecule has 0 fully saturated rings. The third kappa shape index (κ3) is 3.64. The van der Waals surface area contributed by atoms with E-state index >= 15 is 0 Å². The van der Waals surface area contributed by atoms with Crippen LogP contribution in [0.25, 0.3) is 0 Å². The molecule has 1 amide bonds. The Labute approximate surface area is 142 Å². The Morgan fingerprint density at radius 2 is 1.71 bits per heavy atom. The standard InChI is InChI=1S/C18H12ClNO4/c19-15-5-2-1-4-14(15)18(22)24-13-9-7-12(8-10-13)20-17(21)16-6-3-11-23-16/h1-11H,(H,20,21). The zero-order valence-corrected chi connectivity index (χ0v) is 13.1. The van der Waals surface area contributed by atoms with Gasteiger partial charge in [-0.3, -0.25) is 4.79 Å². The fourth-order valence-electron chi connectivity index (χ4n) is 2.00. The van der Waals surface area contributed by atoms with Crippen LogP contribution in [0.2, 0.25) is 5.02 Å². The molecule has 0 saturated heterocycles. The summed E-state index contributed by atoms with van der Waals surface area (Å²) in [6.45, 7) is 0. The van der Waals surface area contributed by atoms with Crippen molar-refractivity contribution in [1.29, 1.82) is 0 Å². The maximum absolute atomic E-state index is 12.1. The van der Waals surface area contributed by atoms with Crippen molar-refractivity contribution in [2.45, 2.75) is 0 Å². The van der Waals surface area contributed by atoms with Crippen molar-refractivity contribution in [1.82, 2.24) is 0 Å². The summed E-state index contributed by atoms with van der Waals surface area (Å²) in [4.78, 5) is 23.9. The highest BCUT2D eigenvalue weighted by Gasteiger charge is 2.13. The molecule has 0 atom stereocenters. The molecule has 0 bridgehead atoms. The molecule has 120 valence electrons. The lowest BCUT2D eigenvalue weighted by Gasteiger charge is -2.07. The molecular weight excluding hydrogens is 330 g/mol. The van der Waals surface area contributed by atoms with Crippen molar-refractivity contribution < 1.29 is 18.7 Å². The number of furan rings is 1. The van der Waals surface area contributed by atoms with Gasteiger partial charge in [0.1, 0.15) is 5.75 Å². The highest BCUT2D eigenvalue weighted by molar-refractivity contribution is 6.33. The van der Waals surface area contributed by atoms with Crippen molar-refractivity contribution in [3.05, 3.63) is 83.3 Å². The molecule has 0 aliphatic carbocycles. The molecule has 6 heteroatoms. The molecule has 24 heavy (non-hydrogen) atoms. The van der Waals surface area contributed by atoms with Gasteiger partial charge in [0.05, 0.1) is 16.8 Å². The van der Waals surface area contributed by atoms with Crippen molar-refractivity contribution >= 4 is 29.2 Å². The van der Waals surface area contributed by atoms with Crippen LogP contribution in [0.1, 0.15) is 20.9 Å². The number of carbonyl (C=O) groups excluding carboxylic acids is 2. The van der Waals surface area contributed by atoms with Gasteiger partial charge in [-0.05, 0) is 48.5 Å². The predicted octanol–water partition coefficient (Wildman–Crippen LogP) is 4.40. The van der Waals surface area contributed by atoms with Crippen LogP contribution >= 0.6 is 11.6 Å². The van der Waals surface area contributed by atoms with Crippen molar-refractivity contribution in [3.63, 3.8) is 0 Å². The van der Waals surface area contributed by atoms with E-state index in [2.05, 4.69) is 5.32 Å². The first-order valence-electron chi connectivity index (χ1n) is 7.05. The number of anilines is 1. The van der Waals surface area contributed by atoms with Gasteiger partial charge >= 0.3 is 5.97 Å². The van der Waals surface area contributed by atoms with E-state index in [1.165, 1.54) is 6.26 Å². The number of ether oxygens (including phenoxy) is 1. The molecule has 0 spiro atoms. The van der Waals surface area contributed by atoms with Crippen LogP contribution in [0, 0.1) is 0 Å². The second-order valence-electron chi connectivity index (χ2n) is 4.83. The van der Waals surface area contributed by atoms with Crippen molar-refractivity contribution in [3.8, 4) is 5.75 Å². The van der Waals surface area contributed by atoms with Gasteiger partial charge in [0.15, 0.2) is 5.76 Å². The number of hydrogen-bond acceptors (Lipinski definition) is 4. The molecule has 0 unspecified atom stereocenters. The van der Waals surface area contributed by atoms with E-state index in [9.17, 15) is 9.59 Å². The second kappa shape index (κ2) is 7.02. The number of hydrogen-bond donors (Lipinski definition) is 1. The average molecular weight is 342 g/mol. The summed E-state index contributed by atoms with van der Waals surface area (Å²) in [5.41, 5.74) is 0.836. The van der Waals surface area contributed by atoms with E-state index in [0.29, 0.717) is 16.5 Å². The summed E-state index contributed by atoms with van der Waals surface area (Å²) in [6.07, 6.45) is 1.42. The number of carbonyl (C=O) groups is 2. The van der Waals surface area contributed by atoms with E-state index in [4.69, 9.17) is 20.8 Å². The van der Waals surface area contributed by atoms with E-state index in [-0.39, 0.29) is 17.2 Å². The van der Waals surface area contributed by atoms with Crippen molar-refractivity contribution in [2.24, 2.45) is 0 Å². The van der Waals surface area contributed by atoms with Gasteiger partial charge in [0, 0.05) is 5.69 Å². The van der Waals surface area contributed by atoms with Crippen LogP contribution in [0.4, 0.5) is 5.69 Å². The van der Waals surface area contributed by atoms with Crippen LogP contribution in [0.5, 0.6) is 5.75 Å². The number of rotatable bonds is 4. The summed E-state index contributed by atoms with van der Waals surface area (Å²) in [7, 11) is 0. The summed E-state index contributed by atoms with van der Waals surface area (Å²) in [6, 6.07) is 16.2. The Bertz CT molecular complexity index is 857. The van der Waals surface area contributed by atoms with Gasteiger partial charge in [0.25, 0.3) is 5.91 Å². The van der Waals surface area contributed by atoms with Gasteiger partial charge in [-0.2, -0.15) is 0 Å². The van der Waals surface area contributed by atoms with Gasteiger partial charge in [-0.25, -0.2) is 4.79 Å². The fraction of sp³-hybridized carbons (Fsp3) is 0. The summed E-state index contributed by atoms with van der Waals surface area (Å²) >= 11 is 5.96. The lowest BCUT2D eigenvalue weighted by atomic mass is 10.2. The molecule has 1 heterocycles. The average Bonchev–Trinajstić information content (AvgIpc) is 3.11. The molecule has 5 nitrogen and oxygen atoms in total. The Hall–Kier alpha value is -3.05. The number of halogens is 1. The van der Waals surface area contributed by atoms with Gasteiger partial charge in [0.2, 0.25) is 0 Å². The summed E-state index contributed by atoms with van der Waals surface area (Å²) in [5.74, 6) is -0.353. The first kappa shape index (κ1) is 15.8. The maximum Gasteiger partial charge on any atom is 0.345 e. The SMILES string of the molecule is O=C(Nc1ccc(OC(=O)c2ccccc2Cl)cc1)c1ccco1. The normalized spacial score (nSPS) is 10.2. The molecule has 0 radical (unpaired) electrons. The molecule has 3 rings (SSSR count). The minimum Gasteiger partial charge on any atom is -0.459 e. The topological polar surface area (TPSA) is 68.5 Å². The van der Waals surface area contributed by atoms with Crippen LogP contribution in [0.15, 0.2) is 71.3 Å². The lowest BCUT2D eigenvalue weighted by molar-refractivity contribution is 0.0734. The smallest absolute Gasteiger partial charge is 0.345 e. The summed E-state index contributed by atoms with van der Waals surface area (Å²) < 4.78 is 10.3. The van der Waals surface area contributed by atoms with Crippen LogP contribution in [-0.2, 0) is 0 Å². The Morgan fingerprint density at radius 1 is 0.958 bits per heavy atom. The number of esters is 1. The molecule has 0 aliphatic rings. The highest BCUT2D eigenvalue weighted by atomic mass is 35.5. The predicted molar refractivity (Wildman–Crippen MR) is 89.5 cm³/mol. The number of nitrogens with one attached hydrogen (secondary N) is 1. The quantitative estimate of drug-likeness (QED) is 0.564. The van der Waals surface area contributed by atoms with E-state index in [1.54, 1.807) is 60.7 Å². The second-order valence-corrected chi connectivity index (χ2v) is 5.23. The van der Waals surface area contributed by atoms with Crippen LogP contribution in [0.3, 0.4) is 0 Å². The fourth-order valence-corrected chi connectivity index (χ4v) is 2.21. The molecule has 0 aliphatic heterocycles. The Morgan fingerprint density at radius 3 is 2.38 bits per heavy atom. The monoisotopic (exact) mass is 341 g/mol. The van der Waals surface area contributed by atoms with Gasteiger partial charge in [-0.1, -0.05) is 23.7 Å². The Kier molecular flexibility index (Phi) is 4.63. The third-order valence-electron chi connectivity index (χ3n) is 3.16. The van der Waals surface area contributed by atoms with Gasteiger partial charge < -0.3 is 14.5 Å². The Balaban J connectivity index is 1.65. The lowest BCUT2D eigenvalue weighted by Crippen LogP contribution is -2.11. The number of benzene rings is 2. The first-order valence-corrected chi connectivity index (χ1v) is 7.43. The molecule has 1 N–H and O–H groups in total. The molecule has 1 aromatic heterocycles. The van der Waals surface area contributed by atoms with Crippen LogP contribution < -0.4 is 10.1 Å². The molecule has 2 aromatic carbocycles. The van der Waals surface area contributed by atoms with Crippen molar-refractivity contribution in [2.75, 3.05) is 5.32 Å². The third-order valence-corrected chi connectivity index (χ3v) is 3.49. The minimum absolute atomic E-state index is 0.212. The molecule has 3 aromatic rings. The zero-order valence-electron chi connectivity index (χ0n) is 12.4. The van der Waals surface area contributed by atoms with E-state index in [1.807, 2.05) is 0 Å². The zero-order chi connectivity index (χ0) is 16.9. The maximum atomic E-state index is 12.1. The number of amides is 1. The minimum atomic E-state index is -0.548. The highest BCUT2D eigenvalue weighted by Crippen LogP contribution is 2.20. The summed E-state index contributed by atoms with van der Waals surface area (Å²) in [5, 5.41) is 3.00.